The zero-order valence-electron chi connectivity index (χ0n) is 18.2. The van der Waals surface area contributed by atoms with Crippen LogP contribution >= 0.6 is 0 Å². The fraction of sp³-hybridized carbons (Fsp3) is 0.385. The van der Waals surface area contributed by atoms with Crippen LogP contribution in [-0.4, -0.2) is 18.2 Å². The lowest BCUT2D eigenvalue weighted by Crippen LogP contribution is -2.24. The van der Waals surface area contributed by atoms with Gasteiger partial charge in [0.1, 0.15) is 17.1 Å². The molecule has 2 rings (SSSR count). The monoisotopic (exact) mass is 423 g/mol. The van der Waals surface area contributed by atoms with Gasteiger partial charge in [-0.3, -0.25) is 0 Å². The Kier molecular flexibility index (Phi) is 10.9. The molecule has 165 valence electrons. The van der Waals surface area contributed by atoms with Gasteiger partial charge in [0, 0.05) is 18.6 Å². The van der Waals surface area contributed by atoms with Crippen molar-refractivity contribution in [3.63, 3.8) is 0 Å². The number of hydrogen-bond acceptors (Lipinski definition) is 5. The van der Waals surface area contributed by atoms with Crippen LogP contribution in [0.1, 0.15) is 68.6 Å². The minimum atomic E-state index is -0.807. The molecule has 31 heavy (non-hydrogen) atoms. The molecule has 0 amide bonds. The third-order valence-electron chi connectivity index (χ3n) is 4.71. The fourth-order valence-electron chi connectivity index (χ4n) is 3.06. The molecular formula is C26H31O5. The predicted octanol–water partition coefficient (Wildman–Crippen LogP) is 6.28. The van der Waals surface area contributed by atoms with E-state index in [9.17, 15) is 9.59 Å². The van der Waals surface area contributed by atoms with E-state index in [4.69, 9.17) is 14.2 Å². The average molecular weight is 424 g/mol. The highest BCUT2D eigenvalue weighted by Gasteiger charge is 2.20. The quantitative estimate of drug-likeness (QED) is 0.118. The molecule has 2 aromatic rings. The number of carbonyl (C=O) groups is 2. The van der Waals surface area contributed by atoms with Gasteiger partial charge in [-0.1, -0.05) is 82.4 Å². The molecule has 1 atom stereocenters. The summed E-state index contributed by atoms with van der Waals surface area (Å²) < 4.78 is 16.7. The molecular weight excluding hydrogens is 392 g/mol. The van der Waals surface area contributed by atoms with Crippen LogP contribution in [0.15, 0.2) is 61.2 Å². The summed E-state index contributed by atoms with van der Waals surface area (Å²) in [5, 5.41) is 0. The van der Waals surface area contributed by atoms with Gasteiger partial charge < -0.3 is 14.2 Å². The Morgan fingerprint density at radius 2 is 1.71 bits per heavy atom. The van der Waals surface area contributed by atoms with E-state index in [0.717, 1.165) is 25.3 Å². The zero-order valence-corrected chi connectivity index (χ0v) is 18.2. The largest absolute Gasteiger partial charge is 0.454 e. The third kappa shape index (κ3) is 9.08. The van der Waals surface area contributed by atoms with Crippen LogP contribution < -0.4 is 9.47 Å². The fourth-order valence-corrected chi connectivity index (χ4v) is 3.06. The van der Waals surface area contributed by atoms with Crippen LogP contribution in [0.5, 0.6) is 11.5 Å². The molecule has 0 N–H and O–H groups in total. The van der Waals surface area contributed by atoms with Crippen molar-refractivity contribution in [2.24, 2.45) is 0 Å². The van der Waals surface area contributed by atoms with Crippen LogP contribution in [0, 0.1) is 6.07 Å². The Balaban J connectivity index is 1.99. The van der Waals surface area contributed by atoms with Crippen molar-refractivity contribution in [3.8, 4) is 11.5 Å². The first-order valence-corrected chi connectivity index (χ1v) is 10.9. The highest BCUT2D eigenvalue weighted by atomic mass is 16.7. The number of esters is 2. The van der Waals surface area contributed by atoms with Gasteiger partial charge in [0.2, 0.25) is 6.29 Å². The van der Waals surface area contributed by atoms with E-state index in [1.165, 1.54) is 25.7 Å². The second-order valence-corrected chi connectivity index (χ2v) is 7.21. The van der Waals surface area contributed by atoms with Gasteiger partial charge in [0.15, 0.2) is 0 Å². The molecule has 0 spiro atoms. The molecule has 5 heteroatoms. The second-order valence-electron chi connectivity index (χ2n) is 7.21. The molecule has 0 fully saturated rings. The van der Waals surface area contributed by atoms with Crippen LogP contribution in [0.4, 0.5) is 0 Å². The molecule has 0 heterocycles. The molecule has 0 saturated carbocycles. The van der Waals surface area contributed by atoms with E-state index in [2.05, 4.69) is 19.6 Å². The highest BCUT2D eigenvalue weighted by molar-refractivity contribution is 5.94. The molecule has 0 aliphatic heterocycles. The minimum absolute atomic E-state index is 0.249. The van der Waals surface area contributed by atoms with E-state index in [1.54, 1.807) is 48.5 Å². The summed E-state index contributed by atoms with van der Waals surface area (Å²) in [6, 6.07) is 16.5. The first kappa shape index (κ1) is 24.2. The number of para-hydroxylation sites is 2. The van der Waals surface area contributed by atoms with Crippen LogP contribution in [0.2, 0.25) is 0 Å². The Morgan fingerprint density at radius 1 is 1.00 bits per heavy atom. The molecule has 5 nitrogen and oxygen atoms in total. The number of hydrogen-bond donors (Lipinski definition) is 0. The van der Waals surface area contributed by atoms with E-state index < -0.39 is 18.2 Å². The van der Waals surface area contributed by atoms with Crippen LogP contribution in [0.25, 0.3) is 0 Å². The molecule has 0 bridgehead atoms. The van der Waals surface area contributed by atoms with Gasteiger partial charge in [-0.15, -0.1) is 0 Å². The average Bonchev–Trinajstić information content (AvgIpc) is 2.79. The van der Waals surface area contributed by atoms with Gasteiger partial charge in [-0.05, 0) is 24.6 Å². The van der Waals surface area contributed by atoms with E-state index in [-0.39, 0.29) is 5.56 Å². The maximum Gasteiger partial charge on any atom is 0.347 e. The first-order chi connectivity index (χ1) is 15.1. The molecule has 0 aromatic heterocycles. The van der Waals surface area contributed by atoms with Crippen molar-refractivity contribution >= 4 is 11.9 Å². The van der Waals surface area contributed by atoms with E-state index in [0.29, 0.717) is 17.9 Å². The summed E-state index contributed by atoms with van der Waals surface area (Å²) in [7, 11) is 0. The van der Waals surface area contributed by atoms with Crippen LogP contribution in [-0.2, 0) is 9.53 Å². The number of carbonyl (C=O) groups excluding carboxylic acids is 2. The third-order valence-corrected chi connectivity index (χ3v) is 4.71. The molecule has 1 radical (unpaired) electrons. The topological polar surface area (TPSA) is 61.8 Å². The molecule has 0 aliphatic carbocycles. The lowest BCUT2D eigenvalue weighted by atomic mass is 10.1. The maximum atomic E-state index is 12.6. The Morgan fingerprint density at radius 3 is 2.42 bits per heavy atom. The van der Waals surface area contributed by atoms with Gasteiger partial charge in [0.25, 0.3) is 0 Å². The van der Waals surface area contributed by atoms with Crippen molar-refractivity contribution in [3.05, 3.63) is 72.8 Å². The van der Waals surface area contributed by atoms with Gasteiger partial charge in [-0.25, -0.2) is 9.59 Å². The number of unbranched alkanes of at least 4 members (excludes halogenated alkanes) is 6. The number of rotatable bonds is 14. The smallest absolute Gasteiger partial charge is 0.347 e. The molecule has 1 unspecified atom stereocenters. The number of benzene rings is 2. The van der Waals surface area contributed by atoms with E-state index >= 15 is 0 Å². The Bertz CT molecular complexity index is 816. The summed E-state index contributed by atoms with van der Waals surface area (Å²) in [5.74, 6) is -0.511. The molecule has 0 aliphatic rings. The minimum Gasteiger partial charge on any atom is -0.454 e. The lowest BCUT2D eigenvalue weighted by molar-refractivity contribution is -0.158. The lowest BCUT2D eigenvalue weighted by Gasteiger charge is -2.20. The van der Waals surface area contributed by atoms with Crippen molar-refractivity contribution < 1.29 is 23.8 Å². The zero-order chi connectivity index (χ0) is 22.3. The summed E-state index contributed by atoms with van der Waals surface area (Å²) >= 11 is 0. The summed E-state index contributed by atoms with van der Waals surface area (Å²) in [6.07, 6.45) is 8.78. The Labute approximate surface area is 185 Å². The summed E-state index contributed by atoms with van der Waals surface area (Å²) in [4.78, 5) is 24.4. The maximum absolute atomic E-state index is 12.6. The predicted molar refractivity (Wildman–Crippen MR) is 120 cm³/mol. The standard InChI is InChI=1S/C26H31O5/c1-3-5-6-7-8-9-13-20-25(31-24(27)4-2)30-23-19-15-14-18-22(23)26(28)29-21-16-11-10-12-17-21/h4,10-12,14-16,18-19,25H,2-3,5-9,13,20H2,1H3. The first-order valence-electron chi connectivity index (χ1n) is 10.9. The second kappa shape index (κ2) is 14.0. The van der Waals surface area contributed by atoms with Gasteiger partial charge in [-0.2, -0.15) is 0 Å². The number of ether oxygens (including phenoxy) is 3. The molecule has 2 aromatic carbocycles. The van der Waals surface area contributed by atoms with Crippen molar-refractivity contribution in [2.45, 2.75) is 64.6 Å². The van der Waals surface area contributed by atoms with Crippen molar-refractivity contribution in [2.75, 3.05) is 0 Å². The summed E-state index contributed by atoms with van der Waals surface area (Å²) in [6.45, 7) is 5.64. The SMILES string of the molecule is C=CC(=O)OC(CCCCCCCCC)Oc1ccccc1C(=O)Oc1[c]cccc1. The van der Waals surface area contributed by atoms with Gasteiger partial charge in [0.05, 0.1) is 0 Å². The Hall–Kier alpha value is -3.08. The normalized spacial score (nSPS) is 11.4. The molecule has 0 saturated heterocycles. The highest BCUT2D eigenvalue weighted by Crippen LogP contribution is 2.24. The van der Waals surface area contributed by atoms with Crippen molar-refractivity contribution in [1.82, 2.24) is 0 Å². The van der Waals surface area contributed by atoms with E-state index in [1.807, 2.05) is 0 Å². The van der Waals surface area contributed by atoms with Crippen molar-refractivity contribution in [1.29, 1.82) is 0 Å². The summed E-state index contributed by atoms with van der Waals surface area (Å²) in [5.41, 5.74) is 0.249. The van der Waals surface area contributed by atoms with Gasteiger partial charge >= 0.3 is 11.9 Å². The van der Waals surface area contributed by atoms with Crippen LogP contribution in [0.3, 0.4) is 0 Å².